The van der Waals surface area contributed by atoms with Gasteiger partial charge in [0.25, 0.3) is 0 Å². The zero-order valence-corrected chi connectivity index (χ0v) is 13.7. The summed E-state index contributed by atoms with van der Waals surface area (Å²) in [7, 11) is 1.83. The summed E-state index contributed by atoms with van der Waals surface area (Å²) in [4.78, 5) is 24.8. The molecule has 0 aliphatic carbocycles. The summed E-state index contributed by atoms with van der Waals surface area (Å²) in [5, 5.41) is 9.09. The van der Waals surface area contributed by atoms with E-state index in [-0.39, 0.29) is 17.7 Å². The Morgan fingerprint density at radius 1 is 1.05 bits per heavy atom. The first-order chi connectivity index (χ1) is 9.25. The Kier molecular flexibility index (Phi) is 9.26. The number of carbonyl (C=O) groups excluding carboxylic acids is 1. The van der Waals surface area contributed by atoms with Crippen molar-refractivity contribution in [1.29, 1.82) is 0 Å². The normalized spacial score (nSPS) is 12.8. The van der Waals surface area contributed by atoms with E-state index in [1.807, 2.05) is 20.9 Å². The molecule has 0 spiro atoms. The van der Waals surface area contributed by atoms with Gasteiger partial charge >= 0.3 is 5.97 Å². The standard InChI is InChI=1S/C16H31NO3/c1-12(2)8-7-11-17(5)15(18)10-6-9-14(13(3)4)16(19)20/h12-14H,6-11H2,1-5H3,(H,19,20). The summed E-state index contributed by atoms with van der Waals surface area (Å²) in [6.07, 6.45) is 3.85. The zero-order chi connectivity index (χ0) is 15.7. The molecule has 0 fully saturated rings. The van der Waals surface area contributed by atoms with Crippen molar-refractivity contribution in [2.45, 2.75) is 59.8 Å². The van der Waals surface area contributed by atoms with Crippen molar-refractivity contribution in [2.24, 2.45) is 17.8 Å². The minimum absolute atomic E-state index is 0.117. The average Bonchev–Trinajstić information content (AvgIpc) is 2.32. The molecule has 0 radical (unpaired) electrons. The highest BCUT2D eigenvalue weighted by molar-refractivity contribution is 5.76. The Morgan fingerprint density at radius 3 is 2.10 bits per heavy atom. The molecular formula is C16H31NO3. The maximum Gasteiger partial charge on any atom is 0.306 e. The quantitative estimate of drug-likeness (QED) is 0.669. The van der Waals surface area contributed by atoms with Crippen molar-refractivity contribution in [3.63, 3.8) is 0 Å². The average molecular weight is 285 g/mol. The molecule has 0 aliphatic rings. The fourth-order valence-electron chi connectivity index (χ4n) is 2.27. The second-order valence-corrected chi connectivity index (χ2v) is 6.43. The Hall–Kier alpha value is -1.06. The fraction of sp³-hybridized carbons (Fsp3) is 0.875. The van der Waals surface area contributed by atoms with Crippen molar-refractivity contribution in [2.75, 3.05) is 13.6 Å². The highest BCUT2D eigenvalue weighted by Crippen LogP contribution is 2.18. The molecule has 1 atom stereocenters. The van der Waals surface area contributed by atoms with Gasteiger partial charge in [0.15, 0.2) is 0 Å². The van der Waals surface area contributed by atoms with Crippen molar-refractivity contribution < 1.29 is 14.7 Å². The van der Waals surface area contributed by atoms with Crippen molar-refractivity contribution in [3.05, 3.63) is 0 Å². The van der Waals surface area contributed by atoms with Gasteiger partial charge in [0.1, 0.15) is 0 Å². The number of hydrogen-bond donors (Lipinski definition) is 1. The number of amides is 1. The van der Waals surface area contributed by atoms with Crippen LogP contribution in [0.1, 0.15) is 59.8 Å². The van der Waals surface area contributed by atoms with Crippen LogP contribution in [0, 0.1) is 17.8 Å². The van der Waals surface area contributed by atoms with Gasteiger partial charge in [-0.25, -0.2) is 0 Å². The van der Waals surface area contributed by atoms with E-state index in [0.717, 1.165) is 19.4 Å². The molecule has 0 aromatic carbocycles. The van der Waals surface area contributed by atoms with Crippen LogP contribution in [0.3, 0.4) is 0 Å². The van der Waals surface area contributed by atoms with Gasteiger partial charge in [-0.3, -0.25) is 9.59 Å². The summed E-state index contributed by atoms with van der Waals surface area (Å²) < 4.78 is 0. The smallest absolute Gasteiger partial charge is 0.306 e. The summed E-state index contributed by atoms with van der Waals surface area (Å²) in [5.41, 5.74) is 0. The molecule has 1 amide bonds. The number of aliphatic carboxylic acids is 1. The third kappa shape index (κ3) is 8.18. The predicted molar refractivity (Wildman–Crippen MR) is 81.5 cm³/mol. The van der Waals surface area contributed by atoms with Crippen LogP contribution < -0.4 is 0 Å². The molecule has 0 aromatic rings. The minimum Gasteiger partial charge on any atom is -0.481 e. The number of rotatable bonds is 10. The molecule has 0 saturated heterocycles. The first-order valence-electron chi connectivity index (χ1n) is 7.72. The molecule has 0 aliphatic heterocycles. The fourth-order valence-corrected chi connectivity index (χ4v) is 2.27. The van der Waals surface area contributed by atoms with Crippen molar-refractivity contribution >= 4 is 11.9 Å². The minimum atomic E-state index is -0.752. The van der Waals surface area contributed by atoms with Gasteiger partial charge < -0.3 is 10.0 Å². The van der Waals surface area contributed by atoms with E-state index < -0.39 is 5.97 Å². The summed E-state index contributed by atoms with van der Waals surface area (Å²) in [5.74, 6) is -0.180. The maximum atomic E-state index is 11.9. The largest absolute Gasteiger partial charge is 0.481 e. The van der Waals surface area contributed by atoms with E-state index in [1.54, 1.807) is 4.90 Å². The molecule has 0 saturated carbocycles. The lowest BCUT2D eigenvalue weighted by molar-refractivity contribution is -0.144. The van der Waals surface area contributed by atoms with E-state index in [1.165, 1.54) is 0 Å². The SMILES string of the molecule is CC(C)CCCN(C)C(=O)CCCC(C(=O)O)C(C)C. The lowest BCUT2D eigenvalue weighted by Crippen LogP contribution is -2.28. The van der Waals surface area contributed by atoms with E-state index >= 15 is 0 Å². The molecule has 1 N–H and O–H groups in total. The number of carboxylic acids is 1. The Bertz CT molecular complexity index is 300. The van der Waals surface area contributed by atoms with Crippen LogP contribution in [-0.2, 0) is 9.59 Å². The first-order valence-corrected chi connectivity index (χ1v) is 7.72. The van der Waals surface area contributed by atoms with Gasteiger partial charge in [0, 0.05) is 20.0 Å². The van der Waals surface area contributed by atoms with Crippen molar-refractivity contribution in [1.82, 2.24) is 4.90 Å². The summed E-state index contributed by atoms with van der Waals surface area (Å²) in [6.45, 7) is 8.99. The third-order valence-corrected chi connectivity index (χ3v) is 3.73. The van der Waals surface area contributed by atoms with E-state index in [2.05, 4.69) is 13.8 Å². The monoisotopic (exact) mass is 285 g/mol. The van der Waals surface area contributed by atoms with Gasteiger partial charge in [-0.2, -0.15) is 0 Å². The van der Waals surface area contributed by atoms with Gasteiger partial charge in [-0.15, -0.1) is 0 Å². The molecule has 1 unspecified atom stereocenters. The van der Waals surface area contributed by atoms with Crippen LogP contribution >= 0.6 is 0 Å². The number of carboxylic acid groups (broad SMARTS) is 1. The molecule has 0 bridgehead atoms. The van der Waals surface area contributed by atoms with E-state index in [4.69, 9.17) is 5.11 Å². The van der Waals surface area contributed by atoms with E-state index in [9.17, 15) is 9.59 Å². The molecule has 4 nitrogen and oxygen atoms in total. The highest BCUT2D eigenvalue weighted by Gasteiger charge is 2.21. The topological polar surface area (TPSA) is 57.6 Å². The van der Waals surface area contributed by atoms with Gasteiger partial charge in [0.2, 0.25) is 5.91 Å². The van der Waals surface area contributed by atoms with Crippen LogP contribution in [-0.4, -0.2) is 35.5 Å². The van der Waals surface area contributed by atoms with Crippen LogP contribution in [0.5, 0.6) is 0 Å². The molecule has 0 heterocycles. The lowest BCUT2D eigenvalue weighted by Gasteiger charge is -2.19. The van der Waals surface area contributed by atoms with Gasteiger partial charge in [-0.1, -0.05) is 27.7 Å². The third-order valence-electron chi connectivity index (χ3n) is 3.73. The van der Waals surface area contributed by atoms with Crippen LogP contribution in [0.4, 0.5) is 0 Å². The Labute approximate surface area is 123 Å². The second kappa shape index (κ2) is 9.78. The molecule has 20 heavy (non-hydrogen) atoms. The van der Waals surface area contributed by atoms with Crippen molar-refractivity contribution in [3.8, 4) is 0 Å². The summed E-state index contributed by atoms with van der Waals surface area (Å²) in [6, 6.07) is 0. The summed E-state index contributed by atoms with van der Waals surface area (Å²) >= 11 is 0. The van der Waals surface area contributed by atoms with Gasteiger partial charge in [-0.05, 0) is 37.5 Å². The predicted octanol–water partition coefficient (Wildman–Crippen LogP) is 3.41. The number of carbonyl (C=O) groups is 2. The Morgan fingerprint density at radius 2 is 1.65 bits per heavy atom. The molecular weight excluding hydrogens is 254 g/mol. The van der Waals surface area contributed by atoms with Gasteiger partial charge in [0.05, 0.1) is 5.92 Å². The lowest BCUT2D eigenvalue weighted by atomic mass is 9.90. The highest BCUT2D eigenvalue weighted by atomic mass is 16.4. The number of nitrogens with zero attached hydrogens (tertiary/aromatic N) is 1. The molecule has 4 heteroatoms. The van der Waals surface area contributed by atoms with Crippen LogP contribution in [0.25, 0.3) is 0 Å². The maximum absolute atomic E-state index is 11.9. The second-order valence-electron chi connectivity index (χ2n) is 6.43. The first kappa shape index (κ1) is 18.9. The molecule has 0 aromatic heterocycles. The van der Waals surface area contributed by atoms with Crippen LogP contribution in [0.2, 0.25) is 0 Å². The Balaban J connectivity index is 3.94. The van der Waals surface area contributed by atoms with E-state index in [0.29, 0.717) is 25.2 Å². The molecule has 118 valence electrons. The number of hydrogen-bond acceptors (Lipinski definition) is 2. The zero-order valence-electron chi connectivity index (χ0n) is 13.7. The van der Waals surface area contributed by atoms with Crippen LogP contribution in [0.15, 0.2) is 0 Å². The molecule has 0 rings (SSSR count).